The van der Waals surface area contributed by atoms with E-state index in [1.165, 1.54) is 11.8 Å². The lowest BCUT2D eigenvalue weighted by Gasteiger charge is -2.08. The molecule has 1 aliphatic rings. The molecule has 0 amide bonds. The Morgan fingerprint density at radius 1 is 1.50 bits per heavy atom. The molecular weight excluding hydrogens is 214 g/mol. The lowest BCUT2D eigenvalue weighted by molar-refractivity contribution is 0.281. The van der Waals surface area contributed by atoms with Crippen molar-refractivity contribution in [2.75, 3.05) is 6.61 Å². The van der Waals surface area contributed by atoms with E-state index in [1.807, 2.05) is 0 Å². The molecule has 58 valence electrons. The van der Waals surface area contributed by atoms with Crippen molar-refractivity contribution in [1.82, 2.24) is 0 Å². The summed E-state index contributed by atoms with van der Waals surface area (Å²) in [7, 11) is 0. The lowest BCUT2D eigenvalue weighted by Crippen LogP contribution is -1.93. The Bertz CT molecular complexity index is 151. The van der Waals surface area contributed by atoms with Gasteiger partial charge in [0.25, 0.3) is 0 Å². The molecule has 0 saturated carbocycles. The molecule has 1 aliphatic heterocycles. The van der Waals surface area contributed by atoms with E-state index >= 15 is 0 Å². The highest BCUT2D eigenvalue weighted by molar-refractivity contribution is 8.08. The normalized spacial score (nSPS) is 18.5. The van der Waals surface area contributed by atoms with Crippen LogP contribution in [-0.2, 0) is 4.74 Å². The highest BCUT2D eigenvalue weighted by atomic mass is 35.6. The monoisotopic (exact) mass is 218 g/mol. The molecule has 5 heteroatoms. The van der Waals surface area contributed by atoms with E-state index in [1.54, 1.807) is 6.26 Å². The predicted molar refractivity (Wildman–Crippen MR) is 46.5 cm³/mol. The van der Waals surface area contributed by atoms with Crippen LogP contribution in [0.4, 0.5) is 0 Å². The van der Waals surface area contributed by atoms with Crippen LogP contribution in [0.5, 0.6) is 0 Å². The smallest absolute Gasteiger partial charge is 0.241 e. The fraction of sp³-hybridized carbons (Fsp3) is 0.600. The van der Waals surface area contributed by atoms with Gasteiger partial charge in [0.1, 0.15) is 0 Å². The summed E-state index contributed by atoms with van der Waals surface area (Å²) < 4.78 is 3.69. The van der Waals surface area contributed by atoms with E-state index in [9.17, 15) is 0 Å². The van der Waals surface area contributed by atoms with Gasteiger partial charge in [0.05, 0.1) is 12.9 Å². The van der Waals surface area contributed by atoms with Gasteiger partial charge in [-0.1, -0.05) is 46.6 Å². The van der Waals surface area contributed by atoms with Gasteiger partial charge in [-0.3, -0.25) is 0 Å². The average Bonchev–Trinajstić information content (AvgIpc) is 2.12. The van der Waals surface area contributed by atoms with E-state index in [2.05, 4.69) is 0 Å². The Morgan fingerprint density at radius 2 is 2.20 bits per heavy atom. The van der Waals surface area contributed by atoms with Crippen molar-refractivity contribution in [3.63, 3.8) is 0 Å². The highest BCUT2D eigenvalue weighted by Crippen LogP contribution is 2.45. The topological polar surface area (TPSA) is 9.23 Å². The third-order valence-corrected chi connectivity index (χ3v) is 2.42. The zero-order valence-corrected chi connectivity index (χ0v) is 8.03. The van der Waals surface area contributed by atoms with Crippen LogP contribution in [0.2, 0.25) is 0 Å². The molecule has 0 unspecified atom stereocenters. The van der Waals surface area contributed by atoms with Gasteiger partial charge in [0, 0.05) is 11.3 Å². The van der Waals surface area contributed by atoms with E-state index in [4.69, 9.17) is 39.5 Å². The maximum atomic E-state index is 5.51. The molecular formula is C5H5Cl3OS. The van der Waals surface area contributed by atoms with Crippen LogP contribution >= 0.6 is 46.6 Å². The van der Waals surface area contributed by atoms with Crippen molar-refractivity contribution in [3.8, 4) is 0 Å². The number of rotatable bonds is 1. The van der Waals surface area contributed by atoms with Gasteiger partial charge in [-0.05, 0) is 0 Å². The third kappa shape index (κ3) is 3.24. The second kappa shape index (κ2) is 3.44. The summed E-state index contributed by atoms with van der Waals surface area (Å²) in [6, 6.07) is 0. The molecule has 1 rings (SSSR count). The van der Waals surface area contributed by atoms with Crippen LogP contribution in [0, 0.1) is 0 Å². The van der Waals surface area contributed by atoms with Crippen molar-refractivity contribution in [3.05, 3.63) is 11.2 Å². The maximum Gasteiger partial charge on any atom is 0.241 e. The van der Waals surface area contributed by atoms with Gasteiger partial charge in [-0.25, -0.2) is 0 Å². The summed E-state index contributed by atoms with van der Waals surface area (Å²) in [6.07, 6.45) is 2.48. The van der Waals surface area contributed by atoms with Gasteiger partial charge < -0.3 is 4.74 Å². The number of hydrogen-bond donors (Lipinski definition) is 0. The first-order chi connectivity index (χ1) is 4.58. The molecule has 0 fully saturated rings. The van der Waals surface area contributed by atoms with Gasteiger partial charge in [-0.15, -0.1) is 0 Å². The van der Waals surface area contributed by atoms with E-state index in [-0.39, 0.29) is 0 Å². The van der Waals surface area contributed by atoms with Gasteiger partial charge in [0.2, 0.25) is 3.12 Å². The third-order valence-electron chi connectivity index (χ3n) is 0.928. The van der Waals surface area contributed by atoms with Crippen LogP contribution in [0.25, 0.3) is 0 Å². The minimum atomic E-state index is -1.25. The van der Waals surface area contributed by atoms with Gasteiger partial charge in [0.15, 0.2) is 0 Å². The van der Waals surface area contributed by atoms with E-state index in [0.29, 0.717) is 6.61 Å². The van der Waals surface area contributed by atoms with Crippen molar-refractivity contribution in [1.29, 1.82) is 0 Å². The minimum absolute atomic E-state index is 0.698. The van der Waals surface area contributed by atoms with Crippen molar-refractivity contribution in [2.24, 2.45) is 0 Å². The lowest BCUT2D eigenvalue weighted by atomic mass is 10.5. The van der Waals surface area contributed by atoms with Crippen LogP contribution < -0.4 is 0 Å². The molecule has 1 nitrogen and oxygen atoms in total. The van der Waals surface area contributed by atoms with Crippen molar-refractivity contribution in [2.45, 2.75) is 9.55 Å². The van der Waals surface area contributed by atoms with Crippen LogP contribution in [0.3, 0.4) is 0 Å². The molecule has 0 radical (unpaired) electrons. The Kier molecular flexibility index (Phi) is 3.04. The summed E-state index contributed by atoms with van der Waals surface area (Å²) in [5.74, 6) is 0. The predicted octanol–water partition coefficient (Wildman–Crippen LogP) is 3.31. The van der Waals surface area contributed by atoms with E-state index < -0.39 is 3.12 Å². The average molecular weight is 220 g/mol. The Labute approximate surface area is 78.7 Å². The first-order valence-electron chi connectivity index (χ1n) is 2.64. The molecule has 1 heterocycles. The number of thioether (sulfide) groups is 1. The molecule has 0 spiro atoms. The molecule has 0 N–H and O–H groups in total. The first-order valence-corrected chi connectivity index (χ1v) is 4.59. The quantitative estimate of drug-likeness (QED) is 0.626. The SMILES string of the molecule is ClC(Cl)(Cl)SC1=COCC1. The molecule has 0 aromatic rings. The highest BCUT2D eigenvalue weighted by Gasteiger charge is 2.24. The van der Waals surface area contributed by atoms with E-state index in [0.717, 1.165) is 11.3 Å². The Balaban J connectivity index is 2.38. The van der Waals surface area contributed by atoms with Crippen LogP contribution in [0.15, 0.2) is 11.2 Å². The zero-order chi connectivity index (χ0) is 7.61. The summed E-state index contributed by atoms with van der Waals surface area (Å²) in [5.41, 5.74) is 0. The molecule has 0 saturated heterocycles. The molecule has 10 heavy (non-hydrogen) atoms. The molecule has 0 atom stereocenters. The summed E-state index contributed by atoms with van der Waals surface area (Å²) >= 11 is 17.7. The van der Waals surface area contributed by atoms with Crippen LogP contribution in [-0.4, -0.2) is 9.73 Å². The fourth-order valence-electron chi connectivity index (χ4n) is 0.594. The molecule has 0 aliphatic carbocycles. The second-order valence-corrected chi connectivity index (χ2v) is 6.05. The van der Waals surface area contributed by atoms with Gasteiger partial charge in [-0.2, -0.15) is 0 Å². The molecule has 0 aromatic heterocycles. The number of halogens is 3. The second-order valence-electron chi connectivity index (χ2n) is 1.75. The number of alkyl halides is 3. The summed E-state index contributed by atoms with van der Waals surface area (Å²) in [4.78, 5) is 0.986. The maximum absolute atomic E-state index is 5.51. The van der Waals surface area contributed by atoms with Gasteiger partial charge >= 0.3 is 0 Å². The van der Waals surface area contributed by atoms with Crippen molar-refractivity contribution >= 4 is 46.6 Å². The number of hydrogen-bond acceptors (Lipinski definition) is 2. The largest absolute Gasteiger partial charge is 0.500 e. The van der Waals surface area contributed by atoms with Crippen LogP contribution in [0.1, 0.15) is 6.42 Å². The Hall–Kier alpha value is 0.760. The Morgan fingerprint density at radius 3 is 2.60 bits per heavy atom. The minimum Gasteiger partial charge on any atom is -0.500 e. The number of ether oxygens (including phenoxy) is 1. The summed E-state index contributed by atoms with van der Waals surface area (Å²) in [6.45, 7) is 0.698. The standard InChI is InChI=1S/C5H5Cl3OS/c6-5(7,8)10-4-1-2-9-3-4/h3H,1-2H2. The molecule has 0 aromatic carbocycles. The first kappa shape index (κ1) is 8.85. The summed E-state index contributed by atoms with van der Waals surface area (Å²) in [5, 5.41) is 0. The fourth-order valence-corrected chi connectivity index (χ4v) is 2.08. The van der Waals surface area contributed by atoms with Crippen molar-refractivity contribution < 1.29 is 4.74 Å². The molecule has 0 bridgehead atoms. The zero-order valence-electron chi connectivity index (χ0n) is 4.94.